The number of ether oxygens (including phenoxy) is 1. The molecule has 0 aromatic carbocycles. The van der Waals surface area contributed by atoms with Crippen molar-refractivity contribution in [1.29, 1.82) is 0 Å². The molecule has 2 saturated heterocycles. The van der Waals surface area contributed by atoms with Gasteiger partial charge in [-0.3, -0.25) is 19.5 Å². The molecule has 1 spiro atoms. The summed E-state index contributed by atoms with van der Waals surface area (Å²) in [5, 5.41) is 26.8. The maximum atomic E-state index is 12.4. The first kappa shape index (κ1) is 20.8. The van der Waals surface area contributed by atoms with Gasteiger partial charge in [-0.05, 0) is 19.8 Å². The molecule has 2 aliphatic heterocycles. The van der Waals surface area contributed by atoms with Crippen molar-refractivity contribution in [2.45, 2.75) is 50.4 Å². The number of nitrogens with one attached hydrogen (secondary N) is 2. The van der Waals surface area contributed by atoms with Crippen LogP contribution >= 0.6 is 0 Å². The Kier molecular flexibility index (Phi) is 6.55. The standard InChI is InChI=1S/C16H24N4O4.CH2O2/c1-11(21)19-13-9-24-16(10-15(13,2)23)3-5-20(6-4-16)14(22)12-7-17-18-8-12;2-1-3/h7-8,13,23H,3-6,9-10H2,1-2H3,(H,17,18)(H,19,21);1H,(H,2,3)/t13-,15-;/m0./s1. The molecule has 0 radical (unpaired) electrons. The molecular weight excluding hydrogens is 356 g/mol. The minimum Gasteiger partial charge on any atom is -0.483 e. The summed E-state index contributed by atoms with van der Waals surface area (Å²) in [6.45, 7) is 4.35. The van der Waals surface area contributed by atoms with E-state index >= 15 is 0 Å². The van der Waals surface area contributed by atoms with Crippen LogP contribution in [0.15, 0.2) is 12.4 Å². The molecule has 10 heteroatoms. The Labute approximate surface area is 156 Å². The van der Waals surface area contributed by atoms with Crippen molar-refractivity contribution in [2.75, 3.05) is 19.7 Å². The fourth-order valence-corrected chi connectivity index (χ4v) is 3.70. The van der Waals surface area contributed by atoms with Crippen molar-refractivity contribution < 1.29 is 29.3 Å². The van der Waals surface area contributed by atoms with Crippen LogP contribution in [-0.4, -0.2) is 80.5 Å². The lowest BCUT2D eigenvalue weighted by atomic mass is 9.75. The van der Waals surface area contributed by atoms with Gasteiger partial charge in [0.05, 0.1) is 35.6 Å². The Morgan fingerprint density at radius 3 is 2.56 bits per heavy atom. The molecule has 2 amide bonds. The van der Waals surface area contributed by atoms with Crippen LogP contribution in [0.25, 0.3) is 0 Å². The predicted molar refractivity (Wildman–Crippen MR) is 93.9 cm³/mol. The van der Waals surface area contributed by atoms with E-state index < -0.39 is 17.2 Å². The molecule has 4 N–H and O–H groups in total. The normalized spacial score (nSPS) is 26.6. The van der Waals surface area contributed by atoms with E-state index in [0.29, 0.717) is 37.9 Å². The first-order chi connectivity index (χ1) is 12.7. The molecule has 0 saturated carbocycles. The van der Waals surface area contributed by atoms with Crippen LogP contribution < -0.4 is 5.32 Å². The first-order valence-electron chi connectivity index (χ1n) is 8.72. The second-order valence-electron chi connectivity index (χ2n) is 7.17. The quantitative estimate of drug-likeness (QED) is 0.517. The Balaban J connectivity index is 0.000000817. The first-order valence-corrected chi connectivity index (χ1v) is 8.72. The molecule has 1 aromatic rings. The Hall–Kier alpha value is -2.46. The van der Waals surface area contributed by atoms with Crippen LogP contribution in [0, 0.1) is 0 Å². The smallest absolute Gasteiger partial charge is 0.290 e. The number of likely N-dealkylation sites (tertiary alicyclic amines) is 1. The Morgan fingerprint density at radius 1 is 1.44 bits per heavy atom. The van der Waals surface area contributed by atoms with Crippen LogP contribution in [-0.2, 0) is 14.3 Å². The van der Waals surface area contributed by atoms with Gasteiger partial charge in [0.15, 0.2) is 0 Å². The number of aliphatic hydroxyl groups is 1. The second-order valence-corrected chi connectivity index (χ2v) is 7.17. The summed E-state index contributed by atoms with van der Waals surface area (Å²) in [6.07, 6.45) is 4.89. The monoisotopic (exact) mass is 382 g/mol. The number of carbonyl (C=O) groups is 3. The summed E-state index contributed by atoms with van der Waals surface area (Å²) in [6, 6.07) is -0.411. The van der Waals surface area contributed by atoms with Crippen molar-refractivity contribution in [3.63, 3.8) is 0 Å². The van der Waals surface area contributed by atoms with Crippen molar-refractivity contribution in [1.82, 2.24) is 20.4 Å². The van der Waals surface area contributed by atoms with Gasteiger partial charge in [-0.2, -0.15) is 5.10 Å². The highest BCUT2D eigenvalue weighted by molar-refractivity contribution is 5.93. The third kappa shape index (κ3) is 5.04. The third-order valence-electron chi connectivity index (χ3n) is 5.07. The van der Waals surface area contributed by atoms with Gasteiger partial charge < -0.3 is 25.2 Å². The number of piperidine rings is 1. The molecule has 2 fully saturated rings. The third-order valence-corrected chi connectivity index (χ3v) is 5.07. The van der Waals surface area contributed by atoms with Crippen LogP contribution in [0.1, 0.15) is 43.5 Å². The summed E-state index contributed by atoms with van der Waals surface area (Å²) in [5.74, 6) is -0.224. The Morgan fingerprint density at radius 2 is 2.07 bits per heavy atom. The highest BCUT2D eigenvalue weighted by atomic mass is 16.5. The number of H-pyrrole nitrogens is 1. The van der Waals surface area contributed by atoms with Gasteiger partial charge in [0.2, 0.25) is 5.91 Å². The molecule has 3 heterocycles. The van der Waals surface area contributed by atoms with E-state index in [2.05, 4.69) is 15.5 Å². The maximum absolute atomic E-state index is 12.4. The molecule has 2 atom stereocenters. The van der Waals surface area contributed by atoms with E-state index in [-0.39, 0.29) is 24.9 Å². The minimum atomic E-state index is -1.03. The lowest BCUT2D eigenvalue weighted by molar-refractivity contribution is -0.187. The van der Waals surface area contributed by atoms with Crippen LogP contribution in [0.3, 0.4) is 0 Å². The lowest BCUT2D eigenvalue weighted by Crippen LogP contribution is -2.63. The number of aromatic nitrogens is 2. The molecular formula is C17H26N4O6. The van der Waals surface area contributed by atoms with Gasteiger partial charge in [-0.15, -0.1) is 0 Å². The number of nitrogens with zero attached hydrogens (tertiary/aromatic N) is 2. The molecule has 0 aliphatic carbocycles. The van der Waals surface area contributed by atoms with E-state index in [4.69, 9.17) is 14.6 Å². The van der Waals surface area contributed by atoms with Gasteiger partial charge >= 0.3 is 0 Å². The molecule has 1 aromatic heterocycles. The van der Waals surface area contributed by atoms with E-state index in [1.54, 1.807) is 18.0 Å². The van der Waals surface area contributed by atoms with E-state index in [1.807, 2.05) is 0 Å². The van der Waals surface area contributed by atoms with Crippen molar-refractivity contribution in [2.24, 2.45) is 0 Å². The zero-order valence-corrected chi connectivity index (χ0v) is 15.5. The summed E-state index contributed by atoms with van der Waals surface area (Å²) >= 11 is 0. The molecule has 27 heavy (non-hydrogen) atoms. The number of rotatable bonds is 2. The molecule has 0 bridgehead atoms. The predicted octanol–water partition coefficient (Wildman–Crippen LogP) is -0.239. The molecule has 3 rings (SSSR count). The zero-order valence-electron chi connectivity index (χ0n) is 15.5. The average molecular weight is 382 g/mol. The lowest BCUT2D eigenvalue weighted by Gasteiger charge is -2.51. The molecule has 150 valence electrons. The fraction of sp³-hybridized carbons (Fsp3) is 0.647. The fourth-order valence-electron chi connectivity index (χ4n) is 3.70. The molecule has 2 aliphatic rings. The van der Waals surface area contributed by atoms with Gasteiger partial charge in [0, 0.05) is 32.6 Å². The number of hydrogen-bond donors (Lipinski definition) is 4. The number of amides is 2. The topological polar surface area (TPSA) is 145 Å². The summed E-state index contributed by atoms with van der Waals surface area (Å²) in [7, 11) is 0. The van der Waals surface area contributed by atoms with E-state index in [9.17, 15) is 14.7 Å². The van der Waals surface area contributed by atoms with E-state index in [1.165, 1.54) is 13.1 Å². The highest BCUT2D eigenvalue weighted by Crippen LogP contribution is 2.39. The second kappa shape index (κ2) is 8.49. The van der Waals surface area contributed by atoms with Gasteiger partial charge in [0.1, 0.15) is 0 Å². The minimum absolute atomic E-state index is 0.0442. The van der Waals surface area contributed by atoms with Gasteiger partial charge in [-0.25, -0.2) is 0 Å². The van der Waals surface area contributed by atoms with Crippen LogP contribution in [0.5, 0.6) is 0 Å². The number of carboxylic acid groups (broad SMARTS) is 1. The summed E-state index contributed by atoms with van der Waals surface area (Å²) < 4.78 is 6.04. The van der Waals surface area contributed by atoms with E-state index in [0.717, 1.165) is 0 Å². The number of aromatic amines is 1. The maximum Gasteiger partial charge on any atom is 0.290 e. The molecule has 10 nitrogen and oxygen atoms in total. The Bertz CT molecular complexity index is 652. The zero-order chi connectivity index (χ0) is 20.1. The number of carbonyl (C=O) groups excluding carboxylic acids is 2. The highest BCUT2D eigenvalue weighted by Gasteiger charge is 2.49. The summed E-state index contributed by atoms with van der Waals surface area (Å²) in [5.41, 5.74) is -0.917. The van der Waals surface area contributed by atoms with Crippen LogP contribution in [0.2, 0.25) is 0 Å². The summed E-state index contributed by atoms with van der Waals surface area (Å²) in [4.78, 5) is 33.8. The number of hydrogen-bond acceptors (Lipinski definition) is 6. The van der Waals surface area contributed by atoms with Crippen LogP contribution in [0.4, 0.5) is 0 Å². The van der Waals surface area contributed by atoms with Crippen molar-refractivity contribution >= 4 is 18.3 Å². The molecule has 0 unspecified atom stereocenters. The van der Waals surface area contributed by atoms with Crippen molar-refractivity contribution in [3.8, 4) is 0 Å². The average Bonchev–Trinajstić information content (AvgIpc) is 3.12. The SMILES string of the molecule is CC(=O)N[C@H]1COC2(CCN(C(=O)c3cn[nH]c3)CC2)C[C@]1(C)O.O=CO. The van der Waals surface area contributed by atoms with Gasteiger partial charge in [0.25, 0.3) is 12.4 Å². The largest absolute Gasteiger partial charge is 0.483 e. The van der Waals surface area contributed by atoms with Crippen molar-refractivity contribution in [3.05, 3.63) is 18.0 Å². The van der Waals surface area contributed by atoms with Gasteiger partial charge in [-0.1, -0.05) is 0 Å².